The van der Waals surface area contributed by atoms with E-state index in [1.54, 1.807) is 28.5 Å². The first kappa shape index (κ1) is 10.7. The highest BCUT2D eigenvalue weighted by Gasteiger charge is 1.92. The number of hydrogen-bond acceptors (Lipinski definition) is 3. The van der Waals surface area contributed by atoms with Crippen LogP contribution in [0.1, 0.15) is 6.92 Å². The summed E-state index contributed by atoms with van der Waals surface area (Å²) in [5, 5.41) is 2.67. The van der Waals surface area contributed by atoms with Crippen molar-refractivity contribution in [2.24, 2.45) is 0 Å². The maximum Gasteiger partial charge on any atom is 0.295 e. The Morgan fingerprint density at radius 1 is 1.64 bits per heavy atom. The number of carbonyl (C=O) groups excluding carboxylic acids is 1. The summed E-state index contributed by atoms with van der Waals surface area (Å²) in [6.07, 6.45) is 2.01. The van der Waals surface area contributed by atoms with Crippen LogP contribution < -0.4 is 5.32 Å². The molecule has 0 heterocycles. The summed E-state index contributed by atoms with van der Waals surface area (Å²) in [4.78, 5) is 10.7. The standard InChI is InChI=1S/C7H11NOS2/c1-3-4-7(9)8-5-6-11-10-2/h5-6H2,1-2H3,(H,8,9). The van der Waals surface area contributed by atoms with Crippen molar-refractivity contribution in [3.63, 3.8) is 0 Å². The first-order valence-corrected chi connectivity index (χ1v) is 5.90. The van der Waals surface area contributed by atoms with Crippen LogP contribution in [0.3, 0.4) is 0 Å². The highest BCUT2D eigenvalue weighted by Crippen LogP contribution is 2.14. The maximum absolute atomic E-state index is 10.7. The normalized spacial score (nSPS) is 8.18. The minimum absolute atomic E-state index is 0.186. The van der Waals surface area contributed by atoms with Crippen molar-refractivity contribution >= 4 is 27.5 Å². The van der Waals surface area contributed by atoms with E-state index in [1.807, 2.05) is 6.26 Å². The van der Waals surface area contributed by atoms with Gasteiger partial charge in [-0.05, 0) is 19.1 Å². The zero-order valence-electron chi connectivity index (χ0n) is 6.64. The van der Waals surface area contributed by atoms with Gasteiger partial charge in [-0.2, -0.15) is 0 Å². The van der Waals surface area contributed by atoms with E-state index in [0.29, 0.717) is 6.54 Å². The molecule has 0 saturated heterocycles. The summed E-state index contributed by atoms with van der Waals surface area (Å²) < 4.78 is 0. The lowest BCUT2D eigenvalue weighted by Crippen LogP contribution is -2.23. The zero-order chi connectivity index (χ0) is 8.53. The monoisotopic (exact) mass is 189 g/mol. The van der Waals surface area contributed by atoms with Crippen molar-refractivity contribution in [1.29, 1.82) is 0 Å². The van der Waals surface area contributed by atoms with E-state index in [-0.39, 0.29) is 5.91 Å². The van der Waals surface area contributed by atoms with Crippen LogP contribution in [0.25, 0.3) is 0 Å². The van der Waals surface area contributed by atoms with Gasteiger partial charge in [-0.15, -0.1) is 0 Å². The van der Waals surface area contributed by atoms with Crippen molar-refractivity contribution in [3.8, 4) is 11.8 Å². The van der Waals surface area contributed by atoms with Crippen LogP contribution in [-0.2, 0) is 4.79 Å². The van der Waals surface area contributed by atoms with Gasteiger partial charge >= 0.3 is 0 Å². The fraction of sp³-hybridized carbons (Fsp3) is 0.571. The van der Waals surface area contributed by atoms with Crippen LogP contribution in [0.5, 0.6) is 0 Å². The minimum Gasteiger partial charge on any atom is -0.344 e. The van der Waals surface area contributed by atoms with E-state index in [1.165, 1.54) is 0 Å². The second-order valence-corrected chi connectivity index (χ2v) is 4.30. The SMILES string of the molecule is CC#CC(=O)NCCSSC. The molecule has 0 atom stereocenters. The minimum atomic E-state index is -0.186. The van der Waals surface area contributed by atoms with Crippen LogP contribution >= 0.6 is 21.6 Å². The third-order valence-electron chi connectivity index (χ3n) is 0.827. The summed E-state index contributed by atoms with van der Waals surface area (Å²) in [6, 6.07) is 0. The van der Waals surface area contributed by atoms with Crippen molar-refractivity contribution in [2.45, 2.75) is 6.92 Å². The Bertz CT molecular complexity index is 171. The molecule has 0 aliphatic rings. The lowest BCUT2D eigenvalue weighted by Gasteiger charge is -1.97. The Morgan fingerprint density at radius 2 is 2.36 bits per heavy atom. The molecule has 0 radical (unpaired) electrons. The summed E-state index contributed by atoms with van der Waals surface area (Å²) in [6.45, 7) is 2.34. The molecule has 0 aliphatic heterocycles. The average molecular weight is 189 g/mol. The van der Waals surface area contributed by atoms with Crippen LogP contribution in [0, 0.1) is 11.8 Å². The molecule has 62 valence electrons. The van der Waals surface area contributed by atoms with Gasteiger partial charge < -0.3 is 5.32 Å². The molecule has 0 rings (SSSR count). The largest absolute Gasteiger partial charge is 0.344 e. The summed E-state index contributed by atoms with van der Waals surface area (Å²) >= 11 is 0. The highest BCUT2D eigenvalue weighted by atomic mass is 33.1. The van der Waals surface area contributed by atoms with Crippen LogP contribution in [0.15, 0.2) is 0 Å². The number of carbonyl (C=O) groups is 1. The molecule has 0 aliphatic carbocycles. The Kier molecular flexibility index (Phi) is 7.64. The molecule has 4 heteroatoms. The number of amides is 1. The van der Waals surface area contributed by atoms with E-state index >= 15 is 0 Å². The highest BCUT2D eigenvalue weighted by molar-refractivity contribution is 8.76. The lowest BCUT2D eigenvalue weighted by atomic mass is 10.5. The molecule has 0 aromatic rings. The first-order valence-electron chi connectivity index (χ1n) is 3.17. The van der Waals surface area contributed by atoms with Gasteiger partial charge in [-0.1, -0.05) is 27.5 Å². The van der Waals surface area contributed by atoms with E-state index in [2.05, 4.69) is 17.2 Å². The van der Waals surface area contributed by atoms with Gasteiger partial charge in [0, 0.05) is 12.3 Å². The predicted molar refractivity (Wildman–Crippen MR) is 52.4 cm³/mol. The predicted octanol–water partition coefficient (Wildman–Crippen LogP) is 1.14. The van der Waals surface area contributed by atoms with Crippen LogP contribution in [0.2, 0.25) is 0 Å². The van der Waals surface area contributed by atoms with Crippen molar-refractivity contribution in [3.05, 3.63) is 0 Å². The lowest BCUT2D eigenvalue weighted by molar-refractivity contribution is -0.115. The average Bonchev–Trinajstić information content (AvgIpc) is 1.99. The van der Waals surface area contributed by atoms with Gasteiger partial charge in [0.25, 0.3) is 5.91 Å². The molecular formula is C7H11NOS2. The second kappa shape index (κ2) is 7.83. The first-order chi connectivity index (χ1) is 5.31. The second-order valence-electron chi connectivity index (χ2n) is 1.62. The molecule has 0 saturated carbocycles. The molecule has 0 fully saturated rings. The number of nitrogens with one attached hydrogen (secondary N) is 1. The molecule has 1 N–H and O–H groups in total. The fourth-order valence-electron chi connectivity index (χ4n) is 0.447. The van der Waals surface area contributed by atoms with E-state index in [0.717, 1.165) is 5.75 Å². The zero-order valence-corrected chi connectivity index (χ0v) is 8.27. The summed E-state index contributed by atoms with van der Waals surface area (Å²) in [5.41, 5.74) is 0. The maximum atomic E-state index is 10.7. The molecule has 0 aromatic heterocycles. The van der Waals surface area contributed by atoms with Crippen molar-refractivity contribution in [2.75, 3.05) is 18.6 Å². The Morgan fingerprint density at radius 3 is 2.91 bits per heavy atom. The molecule has 11 heavy (non-hydrogen) atoms. The van der Waals surface area contributed by atoms with Gasteiger partial charge in [-0.25, -0.2) is 0 Å². The summed E-state index contributed by atoms with van der Waals surface area (Å²) in [7, 11) is 3.42. The third kappa shape index (κ3) is 7.63. The van der Waals surface area contributed by atoms with Crippen molar-refractivity contribution < 1.29 is 4.79 Å². The van der Waals surface area contributed by atoms with Gasteiger partial charge in [-0.3, -0.25) is 4.79 Å². The van der Waals surface area contributed by atoms with Crippen LogP contribution in [-0.4, -0.2) is 24.5 Å². The van der Waals surface area contributed by atoms with Gasteiger partial charge in [0.1, 0.15) is 0 Å². The van der Waals surface area contributed by atoms with E-state index in [4.69, 9.17) is 0 Å². The molecule has 2 nitrogen and oxygen atoms in total. The van der Waals surface area contributed by atoms with Crippen molar-refractivity contribution in [1.82, 2.24) is 5.32 Å². The van der Waals surface area contributed by atoms with Crippen LogP contribution in [0.4, 0.5) is 0 Å². The number of rotatable bonds is 4. The smallest absolute Gasteiger partial charge is 0.295 e. The van der Waals surface area contributed by atoms with Gasteiger partial charge in [0.2, 0.25) is 0 Å². The molecule has 0 unspecified atom stereocenters. The quantitative estimate of drug-likeness (QED) is 0.408. The molecular weight excluding hydrogens is 178 g/mol. The summed E-state index contributed by atoms with van der Waals surface area (Å²) in [5.74, 6) is 5.68. The third-order valence-corrected chi connectivity index (χ3v) is 2.64. The molecule has 0 bridgehead atoms. The van der Waals surface area contributed by atoms with Gasteiger partial charge in [0.15, 0.2) is 0 Å². The molecule has 0 aromatic carbocycles. The Balaban J connectivity index is 3.22. The van der Waals surface area contributed by atoms with E-state index in [9.17, 15) is 4.79 Å². The fourth-order valence-corrected chi connectivity index (χ4v) is 1.55. The van der Waals surface area contributed by atoms with Gasteiger partial charge in [0.05, 0.1) is 0 Å². The molecule has 0 spiro atoms. The number of hydrogen-bond donors (Lipinski definition) is 1. The Labute approximate surface area is 75.3 Å². The Hall–Kier alpha value is -0.270. The molecule has 1 amide bonds. The topological polar surface area (TPSA) is 29.1 Å². The van der Waals surface area contributed by atoms with E-state index < -0.39 is 0 Å².